The van der Waals surface area contributed by atoms with E-state index in [9.17, 15) is 0 Å². The number of hydrogen-bond donors (Lipinski definition) is 2. The third-order valence-corrected chi connectivity index (χ3v) is 3.20. The summed E-state index contributed by atoms with van der Waals surface area (Å²) < 4.78 is 5.33. The van der Waals surface area contributed by atoms with Crippen LogP contribution in [0.15, 0.2) is 0 Å². The second kappa shape index (κ2) is 5.47. The van der Waals surface area contributed by atoms with Gasteiger partial charge in [-0.3, -0.25) is 16.2 Å². The first-order valence-electron chi connectivity index (χ1n) is 5.35. The quantitative estimate of drug-likeness (QED) is 0.389. The van der Waals surface area contributed by atoms with Crippen molar-refractivity contribution in [2.45, 2.75) is 31.8 Å². The fourth-order valence-electron chi connectivity index (χ4n) is 1.99. The van der Waals surface area contributed by atoms with Gasteiger partial charge in [-0.05, 0) is 13.8 Å². The molecule has 0 saturated carbocycles. The Morgan fingerprint density at radius 3 is 2.60 bits per heavy atom. The van der Waals surface area contributed by atoms with E-state index in [2.05, 4.69) is 30.1 Å². The number of nitrogens with zero attached hydrogens (tertiary/aromatic N) is 1. The molecule has 1 fully saturated rings. The van der Waals surface area contributed by atoms with Crippen molar-refractivity contribution in [1.82, 2.24) is 10.3 Å². The summed E-state index contributed by atoms with van der Waals surface area (Å²) in [5.74, 6) is 8.21. The molecule has 3 N–H and O–H groups in total. The zero-order valence-corrected chi connectivity index (χ0v) is 9.62. The molecule has 4 nitrogen and oxygen atoms in total. The van der Waals surface area contributed by atoms with Crippen LogP contribution in [0.5, 0.6) is 0 Å². The molecule has 1 atom stereocenters. The highest BCUT2D eigenvalue weighted by Crippen LogP contribution is 2.21. The van der Waals surface area contributed by atoms with Gasteiger partial charge < -0.3 is 4.74 Å². The maximum Gasteiger partial charge on any atom is 0.0594 e. The fraction of sp³-hybridized carbons (Fsp3) is 0.818. The molecule has 0 spiro atoms. The molecule has 15 heavy (non-hydrogen) atoms. The van der Waals surface area contributed by atoms with Crippen molar-refractivity contribution in [2.24, 2.45) is 5.84 Å². The zero-order valence-electron chi connectivity index (χ0n) is 9.62. The highest BCUT2D eigenvalue weighted by molar-refractivity contribution is 5.00. The van der Waals surface area contributed by atoms with Crippen molar-refractivity contribution in [3.63, 3.8) is 0 Å². The van der Waals surface area contributed by atoms with E-state index in [0.717, 1.165) is 26.3 Å². The number of morpholine rings is 1. The van der Waals surface area contributed by atoms with E-state index in [1.165, 1.54) is 0 Å². The van der Waals surface area contributed by atoms with Crippen LogP contribution in [0.2, 0.25) is 0 Å². The maximum absolute atomic E-state index is 5.55. The molecule has 0 amide bonds. The first-order chi connectivity index (χ1) is 7.12. The Balaban J connectivity index is 2.65. The normalized spacial score (nSPS) is 20.9. The van der Waals surface area contributed by atoms with Gasteiger partial charge in [0.2, 0.25) is 0 Å². The third-order valence-electron chi connectivity index (χ3n) is 3.20. The molecule has 1 aliphatic heterocycles. The monoisotopic (exact) mass is 211 g/mol. The topological polar surface area (TPSA) is 50.5 Å². The summed E-state index contributed by atoms with van der Waals surface area (Å²) in [5.41, 5.74) is 2.78. The number of ether oxygens (including phenoxy) is 1. The van der Waals surface area contributed by atoms with E-state index in [1.54, 1.807) is 0 Å². The summed E-state index contributed by atoms with van der Waals surface area (Å²) in [6.07, 6.45) is 5.98. The second-order valence-corrected chi connectivity index (χ2v) is 4.38. The third kappa shape index (κ3) is 2.93. The minimum atomic E-state index is -0.0368. The zero-order chi connectivity index (χ0) is 11.3. The molecule has 86 valence electrons. The average molecular weight is 211 g/mol. The van der Waals surface area contributed by atoms with E-state index in [0.29, 0.717) is 6.42 Å². The Hall–Kier alpha value is -0.600. The van der Waals surface area contributed by atoms with Crippen LogP contribution in [0.4, 0.5) is 0 Å². The van der Waals surface area contributed by atoms with Crippen LogP contribution >= 0.6 is 0 Å². The highest BCUT2D eigenvalue weighted by atomic mass is 16.5. The Morgan fingerprint density at radius 1 is 1.53 bits per heavy atom. The van der Waals surface area contributed by atoms with Gasteiger partial charge in [-0.1, -0.05) is 0 Å². The Bertz CT molecular complexity index is 228. The predicted octanol–water partition coefficient (Wildman–Crippen LogP) is -0.0476. The van der Waals surface area contributed by atoms with Crippen LogP contribution < -0.4 is 11.3 Å². The van der Waals surface area contributed by atoms with Crippen LogP contribution in [0.3, 0.4) is 0 Å². The van der Waals surface area contributed by atoms with Crippen LogP contribution in [0.1, 0.15) is 20.3 Å². The van der Waals surface area contributed by atoms with Crippen LogP contribution in [-0.2, 0) is 4.74 Å². The molecule has 0 aromatic carbocycles. The van der Waals surface area contributed by atoms with Gasteiger partial charge in [0.1, 0.15) is 0 Å². The van der Waals surface area contributed by atoms with Crippen LogP contribution in [0.25, 0.3) is 0 Å². The number of nitrogens with two attached hydrogens (primary N) is 1. The first-order valence-corrected chi connectivity index (χ1v) is 5.35. The van der Waals surface area contributed by atoms with Crippen molar-refractivity contribution in [3.05, 3.63) is 0 Å². The first kappa shape index (κ1) is 12.5. The summed E-state index contributed by atoms with van der Waals surface area (Å²) >= 11 is 0. The highest BCUT2D eigenvalue weighted by Gasteiger charge is 2.35. The molecule has 0 aliphatic carbocycles. The standard InChI is InChI=1S/C11H21N3O/c1-4-5-10(13-12)11(2,3)14-6-8-15-9-7-14/h1,10,13H,5-9,12H2,2-3H3. The average Bonchev–Trinajstić information content (AvgIpc) is 2.27. The maximum atomic E-state index is 5.55. The molecule has 1 heterocycles. The van der Waals surface area contributed by atoms with E-state index in [1.807, 2.05) is 0 Å². The molecular weight excluding hydrogens is 190 g/mol. The summed E-state index contributed by atoms with van der Waals surface area (Å²) in [6.45, 7) is 7.79. The molecule has 0 aromatic heterocycles. The Labute approximate surface area is 92.1 Å². The SMILES string of the molecule is C#CCC(NN)C(C)(C)N1CCOCC1. The van der Waals surface area contributed by atoms with Crippen molar-refractivity contribution in [2.75, 3.05) is 26.3 Å². The lowest BCUT2D eigenvalue weighted by molar-refractivity contribution is -0.0227. The van der Waals surface area contributed by atoms with Gasteiger partial charge in [-0.15, -0.1) is 12.3 Å². The van der Waals surface area contributed by atoms with Gasteiger partial charge in [-0.2, -0.15) is 0 Å². The van der Waals surface area contributed by atoms with Gasteiger partial charge in [0.15, 0.2) is 0 Å². The van der Waals surface area contributed by atoms with E-state index in [-0.39, 0.29) is 11.6 Å². The smallest absolute Gasteiger partial charge is 0.0594 e. The molecule has 0 aromatic rings. The lowest BCUT2D eigenvalue weighted by Gasteiger charge is -2.45. The number of nitrogens with one attached hydrogen (secondary N) is 1. The summed E-state index contributed by atoms with van der Waals surface area (Å²) in [7, 11) is 0. The van der Waals surface area contributed by atoms with E-state index >= 15 is 0 Å². The Morgan fingerprint density at radius 2 is 2.13 bits per heavy atom. The summed E-state index contributed by atoms with van der Waals surface area (Å²) in [6, 6.07) is 0.112. The summed E-state index contributed by atoms with van der Waals surface area (Å²) in [4.78, 5) is 2.37. The van der Waals surface area contributed by atoms with Crippen LogP contribution in [-0.4, -0.2) is 42.8 Å². The van der Waals surface area contributed by atoms with Gasteiger partial charge in [-0.25, -0.2) is 0 Å². The molecule has 1 saturated heterocycles. The van der Waals surface area contributed by atoms with E-state index in [4.69, 9.17) is 17.0 Å². The molecule has 0 radical (unpaired) electrons. The molecule has 1 aliphatic rings. The minimum Gasteiger partial charge on any atom is -0.379 e. The van der Waals surface area contributed by atoms with Gasteiger partial charge in [0.05, 0.1) is 13.2 Å². The minimum absolute atomic E-state index is 0.0368. The van der Waals surface area contributed by atoms with Crippen molar-refractivity contribution < 1.29 is 4.74 Å². The number of terminal acetylenes is 1. The Kier molecular flexibility index (Phi) is 4.55. The van der Waals surface area contributed by atoms with Crippen molar-refractivity contribution in [3.8, 4) is 12.3 Å². The number of rotatable bonds is 4. The molecular formula is C11H21N3O. The van der Waals surface area contributed by atoms with Crippen molar-refractivity contribution >= 4 is 0 Å². The molecule has 1 unspecified atom stereocenters. The fourth-order valence-corrected chi connectivity index (χ4v) is 1.99. The lowest BCUT2D eigenvalue weighted by atomic mass is 9.90. The molecule has 1 rings (SSSR count). The van der Waals surface area contributed by atoms with Gasteiger partial charge in [0.25, 0.3) is 0 Å². The lowest BCUT2D eigenvalue weighted by Crippen LogP contribution is -2.61. The molecule has 0 bridgehead atoms. The van der Waals surface area contributed by atoms with Gasteiger partial charge >= 0.3 is 0 Å². The summed E-state index contributed by atoms with van der Waals surface area (Å²) in [5, 5.41) is 0. The predicted molar refractivity (Wildman–Crippen MR) is 61.0 cm³/mol. The van der Waals surface area contributed by atoms with Crippen molar-refractivity contribution in [1.29, 1.82) is 0 Å². The second-order valence-electron chi connectivity index (χ2n) is 4.38. The number of hydrogen-bond acceptors (Lipinski definition) is 4. The number of hydrazine groups is 1. The van der Waals surface area contributed by atoms with Gasteiger partial charge in [0, 0.05) is 31.1 Å². The van der Waals surface area contributed by atoms with E-state index < -0.39 is 0 Å². The van der Waals surface area contributed by atoms with Crippen LogP contribution in [0, 0.1) is 12.3 Å². The largest absolute Gasteiger partial charge is 0.379 e. The molecule has 4 heteroatoms.